The van der Waals surface area contributed by atoms with E-state index in [1.807, 2.05) is 31.2 Å². The average Bonchev–Trinajstić information content (AvgIpc) is 2.38. The minimum atomic E-state index is 0.0671. The first-order chi connectivity index (χ1) is 8.61. The van der Waals surface area contributed by atoms with Crippen molar-refractivity contribution >= 4 is 0 Å². The fourth-order valence-corrected chi connectivity index (χ4v) is 2.02. The van der Waals surface area contributed by atoms with Gasteiger partial charge in [0.05, 0.1) is 0 Å². The van der Waals surface area contributed by atoms with Crippen LogP contribution < -0.4 is 5.73 Å². The molecular formula is C15H17NO2. The lowest BCUT2D eigenvalue weighted by Crippen LogP contribution is -1.99. The summed E-state index contributed by atoms with van der Waals surface area (Å²) >= 11 is 0. The first kappa shape index (κ1) is 12.5. The highest BCUT2D eigenvalue weighted by atomic mass is 16.3. The quantitative estimate of drug-likeness (QED) is 0.776. The van der Waals surface area contributed by atoms with Crippen molar-refractivity contribution in [1.29, 1.82) is 0 Å². The highest BCUT2D eigenvalue weighted by molar-refractivity contribution is 5.45. The molecule has 0 aliphatic heterocycles. The van der Waals surface area contributed by atoms with Gasteiger partial charge >= 0.3 is 0 Å². The molecule has 3 nitrogen and oxygen atoms in total. The van der Waals surface area contributed by atoms with E-state index in [0.717, 1.165) is 16.7 Å². The Morgan fingerprint density at radius 1 is 1.06 bits per heavy atom. The molecule has 0 spiro atoms. The molecule has 0 heterocycles. The molecule has 0 fully saturated rings. The van der Waals surface area contributed by atoms with Gasteiger partial charge in [-0.15, -0.1) is 0 Å². The predicted molar refractivity (Wildman–Crippen MR) is 71.6 cm³/mol. The number of benzene rings is 2. The fourth-order valence-electron chi connectivity index (χ4n) is 2.02. The van der Waals surface area contributed by atoms with E-state index >= 15 is 0 Å². The molecule has 18 heavy (non-hydrogen) atoms. The van der Waals surface area contributed by atoms with Gasteiger partial charge in [0.25, 0.3) is 0 Å². The Bertz CT molecular complexity index is 535. The molecule has 0 aliphatic carbocycles. The molecule has 0 radical (unpaired) electrons. The summed E-state index contributed by atoms with van der Waals surface area (Å²) in [6.45, 7) is 2.54. The van der Waals surface area contributed by atoms with Crippen LogP contribution in [0.1, 0.15) is 29.5 Å². The molecule has 0 bridgehead atoms. The van der Waals surface area contributed by atoms with Crippen LogP contribution in [-0.4, -0.2) is 10.2 Å². The maximum atomic E-state index is 9.84. The van der Waals surface area contributed by atoms with Crippen molar-refractivity contribution in [3.05, 3.63) is 59.2 Å². The standard InChI is InChI=1S/C15H17NO2/c1-10(12-4-2-11(9-16)3-5-12)14-7-6-13(17)8-15(14)18/h2-8,10,17-18H,9,16H2,1H3. The zero-order valence-electron chi connectivity index (χ0n) is 10.3. The smallest absolute Gasteiger partial charge is 0.123 e. The van der Waals surface area contributed by atoms with Gasteiger partial charge in [0, 0.05) is 24.1 Å². The van der Waals surface area contributed by atoms with Crippen LogP contribution in [0.5, 0.6) is 11.5 Å². The number of phenols is 2. The van der Waals surface area contributed by atoms with E-state index in [0.29, 0.717) is 6.54 Å². The van der Waals surface area contributed by atoms with E-state index in [4.69, 9.17) is 5.73 Å². The largest absolute Gasteiger partial charge is 0.508 e. The summed E-state index contributed by atoms with van der Waals surface area (Å²) in [4.78, 5) is 0. The normalized spacial score (nSPS) is 12.3. The molecule has 2 aromatic carbocycles. The predicted octanol–water partition coefficient (Wildman–Crippen LogP) is 2.71. The van der Waals surface area contributed by atoms with E-state index in [1.165, 1.54) is 6.07 Å². The Morgan fingerprint density at radius 2 is 1.72 bits per heavy atom. The van der Waals surface area contributed by atoms with E-state index in [-0.39, 0.29) is 17.4 Å². The second-order valence-electron chi connectivity index (χ2n) is 4.41. The van der Waals surface area contributed by atoms with E-state index in [9.17, 15) is 10.2 Å². The molecular weight excluding hydrogens is 226 g/mol. The van der Waals surface area contributed by atoms with Crippen LogP contribution in [0.25, 0.3) is 0 Å². The monoisotopic (exact) mass is 243 g/mol. The Morgan fingerprint density at radius 3 is 2.28 bits per heavy atom. The summed E-state index contributed by atoms with van der Waals surface area (Å²) < 4.78 is 0. The van der Waals surface area contributed by atoms with Crippen molar-refractivity contribution in [2.24, 2.45) is 5.73 Å². The molecule has 0 amide bonds. The summed E-state index contributed by atoms with van der Waals surface area (Å²) in [6, 6.07) is 12.7. The van der Waals surface area contributed by atoms with Gasteiger partial charge in [0.15, 0.2) is 0 Å². The lowest BCUT2D eigenvalue weighted by Gasteiger charge is -2.14. The Hall–Kier alpha value is -2.00. The molecule has 1 unspecified atom stereocenters. The Labute approximate surface area is 107 Å². The lowest BCUT2D eigenvalue weighted by molar-refractivity contribution is 0.444. The number of phenolic OH excluding ortho intramolecular Hbond substituents is 2. The SMILES string of the molecule is CC(c1ccc(CN)cc1)c1ccc(O)cc1O. The number of hydrogen-bond acceptors (Lipinski definition) is 3. The van der Waals surface area contributed by atoms with Gasteiger partial charge < -0.3 is 15.9 Å². The highest BCUT2D eigenvalue weighted by Gasteiger charge is 2.12. The summed E-state index contributed by atoms with van der Waals surface area (Å²) in [5, 5.41) is 19.1. The summed E-state index contributed by atoms with van der Waals surface area (Å²) in [7, 11) is 0. The van der Waals surface area contributed by atoms with E-state index < -0.39 is 0 Å². The van der Waals surface area contributed by atoms with Crippen LogP contribution >= 0.6 is 0 Å². The van der Waals surface area contributed by atoms with Gasteiger partial charge in [-0.25, -0.2) is 0 Å². The highest BCUT2D eigenvalue weighted by Crippen LogP contribution is 2.33. The molecule has 0 aromatic heterocycles. The number of rotatable bonds is 3. The van der Waals surface area contributed by atoms with Crippen LogP contribution in [0.3, 0.4) is 0 Å². The zero-order chi connectivity index (χ0) is 13.1. The minimum Gasteiger partial charge on any atom is -0.508 e. The van der Waals surface area contributed by atoms with E-state index in [1.54, 1.807) is 12.1 Å². The maximum Gasteiger partial charge on any atom is 0.123 e. The van der Waals surface area contributed by atoms with Crippen molar-refractivity contribution in [2.45, 2.75) is 19.4 Å². The van der Waals surface area contributed by atoms with Crippen LogP contribution in [0.4, 0.5) is 0 Å². The molecule has 2 aromatic rings. The first-order valence-electron chi connectivity index (χ1n) is 5.92. The lowest BCUT2D eigenvalue weighted by atomic mass is 9.92. The van der Waals surface area contributed by atoms with E-state index in [2.05, 4.69) is 0 Å². The van der Waals surface area contributed by atoms with Crippen LogP contribution in [0.15, 0.2) is 42.5 Å². The molecule has 1 atom stereocenters. The maximum absolute atomic E-state index is 9.84. The van der Waals surface area contributed by atoms with Gasteiger partial charge in [-0.05, 0) is 17.2 Å². The molecule has 2 rings (SSSR count). The topological polar surface area (TPSA) is 66.5 Å². The molecule has 4 N–H and O–H groups in total. The van der Waals surface area contributed by atoms with Gasteiger partial charge in [0.2, 0.25) is 0 Å². The number of aromatic hydroxyl groups is 2. The Kier molecular flexibility index (Phi) is 3.53. The Balaban J connectivity index is 2.31. The van der Waals surface area contributed by atoms with Crippen molar-refractivity contribution in [3.63, 3.8) is 0 Å². The zero-order valence-corrected chi connectivity index (χ0v) is 10.3. The average molecular weight is 243 g/mol. The third kappa shape index (κ3) is 2.46. The van der Waals surface area contributed by atoms with Crippen LogP contribution in [0.2, 0.25) is 0 Å². The number of hydrogen-bond donors (Lipinski definition) is 3. The molecule has 3 heteroatoms. The number of nitrogens with two attached hydrogens (primary N) is 1. The van der Waals surface area contributed by atoms with Crippen LogP contribution in [0, 0.1) is 0 Å². The minimum absolute atomic E-state index is 0.0671. The second-order valence-corrected chi connectivity index (χ2v) is 4.41. The summed E-state index contributed by atoms with van der Waals surface area (Å²) in [6.07, 6.45) is 0. The van der Waals surface area contributed by atoms with Crippen molar-refractivity contribution < 1.29 is 10.2 Å². The third-order valence-electron chi connectivity index (χ3n) is 3.20. The van der Waals surface area contributed by atoms with Crippen molar-refractivity contribution in [2.75, 3.05) is 0 Å². The summed E-state index contributed by atoms with van der Waals surface area (Å²) in [5.41, 5.74) is 8.55. The molecule has 0 aliphatic rings. The van der Waals surface area contributed by atoms with Gasteiger partial charge in [-0.2, -0.15) is 0 Å². The van der Waals surface area contributed by atoms with Crippen LogP contribution in [-0.2, 0) is 6.54 Å². The second kappa shape index (κ2) is 5.10. The molecule has 0 saturated carbocycles. The van der Waals surface area contributed by atoms with Crippen molar-refractivity contribution in [1.82, 2.24) is 0 Å². The first-order valence-corrected chi connectivity index (χ1v) is 5.92. The van der Waals surface area contributed by atoms with Crippen molar-refractivity contribution in [3.8, 4) is 11.5 Å². The fraction of sp³-hybridized carbons (Fsp3) is 0.200. The third-order valence-corrected chi connectivity index (χ3v) is 3.20. The molecule has 0 saturated heterocycles. The van der Waals surface area contributed by atoms with Gasteiger partial charge in [0.1, 0.15) is 11.5 Å². The van der Waals surface area contributed by atoms with Gasteiger partial charge in [-0.3, -0.25) is 0 Å². The summed E-state index contributed by atoms with van der Waals surface area (Å²) in [5.74, 6) is 0.254. The molecule has 94 valence electrons. The van der Waals surface area contributed by atoms with Gasteiger partial charge in [-0.1, -0.05) is 37.3 Å².